The molecule has 234 valence electrons. The molecule has 0 fully saturated rings. The molecule has 10 aromatic rings. The van der Waals surface area contributed by atoms with Crippen LogP contribution in [0.1, 0.15) is 0 Å². The number of rotatable bonds is 5. The Morgan fingerprint density at radius 3 is 1.52 bits per heavy atom. The topological polar surface area (TPSA) is 65.0 Å². The van der Waals surface area contributed by atoms with Gasteiger partial charge in [-0.3, -0.25) is 0 Å². The van der Waals surface area contributed by atoms with Gasteiger partial charge in [0.05, 0.1) is 0 Å². The van der Waals surface area contributed by atoms with Gasteiger partial charge in [-0.25, -0.2) is 15.0 Å². The van der Waals surface area contributed by atoms with Crippen LogP contribution in [0.15, 0.2) is 173 Å². The van der Waals surface area contributed by atoms with Crippen LogP contribution in [0.25, 0.3) is 100 Å². The Balaban J connectivity index is 1.09. The monoisotopic (exact) mass is 641 g/mol. The zero-order chi connectivity index (χ0) is 33.0. The van der Waals surface area contributed by atoms with E-state index < -0.39 is 0 Å². The van der Waals surface area contributed by atoms with Crippen LogP contribution in [0.3, 0.4) is 0 Å². The maximum absolute atomic E-state index is 6.29. The van der Waals surface area contributed by atoms with Crippen LogP contribution in [-0.2, 0) is 0 Å². The summed E-state index contributed by atoms with van der Waals surface area (Å²) < 4.78 is 12.4. The lowest BCUT2D eigenvalue weighted by Crippen LogP contribution is -2.00. The molecule has 50 heavy (non-hydrogen) atoms. The maximum atomic E-state index is 6.29. The average Bonchev–Trinajstić information content (AvgIpc) is 3.78. The minimum absolute atomic E-state index is 0.593. The summed E-state index contributed by atoms with van der Waals surface area (Å²) in [5.74, 6) is 2.61. The summed E-state index contributed by atoms with van der Waals surface area (Å²) in [5, 5.41) is 5.48. The molecule has 0 unspecified atom stereocenters. The van der Waals surface area contributed by atoms with Gasteiger partial charge in [-0.1, -0.05) is 121 Å². The third-order valence-electron chi connectivity index (χ3n) is 9.33. The molecule has 3 heterocycles. The average molecular weight is 642 g/mol. The molecule has 0 N–H and O–H groups in total. The molecular formula is C45H27N3O2. The lowest BCUT2D eigenvalue weighted by Gasteiger charge is -2.10. The smallest absolute Gasteiger partial charge is 0.164 e. The molecule has 0 bridgehead atoms. The van der Waals surface area contributed by atoms with Crippen molar-refractivity contribution in [2.75, 3.05) is 0 Å². The predicted octanol–water partition coefficient (Wildman–Crippen LogP) is 12.0. The van der Waals surface area contributed by atoms with Gasteiger partial charge in [-0.2, -0.15) is 0 Å². The van der Waals surface area contributed by atoms with Gasteiger partial charge >= 0.3 is 0 Å². The highest BCUT2D eigenvalue weighted by Crippen LogP contribution is 2.36. The first-order valence-electron chi connectivity index (χ1n) is 16.6. The zero-order valence-electron chi connectivity index (χ0n) is 26.7. The van der Waals surface area contributed by atoms with Crippen molar-refractivity contribution in [3.05, 3.63) is 164 Å². The van der Waals surface area contributed by atoms with E-state index in [-0.39, 0.29) is 0 Å². The van der Waals surface area contributed by atoms with Gasteiger partial charge in [0, 0.05) is 38.4 Å². The number of hydrogen-bond donors (Lipinski definition) is 0. The molecule has 0 saturated heterocycles. The van der Waals surface area contributed by atoms with Crippen molar-refractivity contribution in [2.24, 2.45) is 0 Å². The Morgan fingerprint density at radius 2 is 0.820 bits per heavy atom. The number of para-hydroxylation sites is 1. The van der Waals surface area contributed by atoms with Crippen molar-refractivity contribution in [3.8, 4) is 56.6 Å². The van der Waals surface area contributed by atoms with Crippen molar-refractivity contribution in [1.29, 1.82) is 0 Å². The third-order valence-corrected chi connectivity index (χ3v) is 9.33. The number of furan rings is 2. The van der Waals surface area contributed by atoms with E-state index in [0.717, 1.165) is 77.4 Å². The number of benzene rings is 7. The largest absolute Gasteiger partial charge is 0.456 e. The van der Waals surface area contributed by atoms with Crippen LogP contribution in [-0.4, -0.2) is 15.0 Å². The summed E-state index contributed by atoms with van der Waals surface area (Å²) in [7, 11) is 0. The number of aromatic nitrogens is 3. The molecule has 3 aromatic heterocycles. The quantitative estimate of drug-likeness (QED) is 0.187. The molecule has 0 radical (unpaired) electrons. The van der Waals surface area contributed by atoms with Gasteiger partial charge < -0.3 is 8.83 Å². The lowest BCUT2D eigenvalue weighted by molar-refractivity contribution is 0.631. The molecule has 0 spiro atoms. The van der Waals surface area contributed by atoms with Gasteiger partial charge in [-0.15, -0.1) is 0 Å². The van der Waals surface area contributed by atoms with E-state index in [1.54, 1.807) is 0 Å². The van der Waals surface area contributed by atoms with E-state index in [0.29, 0.717) is 17.5 Å². The summed E-state index contributed by atoms with van der Waals surface area (Å²) in [4.78, 5) is 15.1. The van der Waals surface area contributed by atoms with Crippen molar-refractivity contribution >= 4 is 43.7 Å². The van der Waals surface area contributed by atoms with Gasteiger partial charge in [0.15, 0.2) is 17.5 Å². The molecule has 10 rings (SSSR count). The van der Waals surface area contributed by atoms with Crippen molar-refractivity contribution in [1.82, 2.24) is 15.0 Å². The van der Waals surface area contributed by atoms with E-state index in [4.69, 9.17) is 23.8 Å². The van der Waals surface area contributed by atoms with Crippen LogP contribution in [0, 0.1) is 0 Å². The minimum atomic E-state index is 0.593. The van der Waals surface area contributed by atoms with E-state index >= 15 is 0 Å². The van der Waals surface area contributed by atoms with E-state index in [9.17, 15) is 0 Å². The SMILES string of the molecule is c1ccc(-c2ccc(-c3nc(-c4ccc(-c5cc6ccccc6o5)cc4)nc(-c4ccc5oc6cc7ccccc7cc6c5c4)n3)cc2)cc1. The Kier molecular flexibility index (Phi) is 6.42. The van der Waals surface area contributed by atoms with Gasteiger partial charge in [-0.05, 0) is 64.4 Å². The fourth-order valence-electron chi connectivity index (χ4n) is 6.71. The summed E-state index contributed by atoms with van der Waals surface area (Å²) in [6, 6.07) is 55.9. The molecule has 0 aliphatic rings. The Bertz CT molecular complexity index is 2820. The number of nitrogens with zero attached hydrogens (tertiary/aromatic N) is 3. The Morgan fingerprint density at radius 1 is 0.300 bits per heavy atom. The summed E-state index contributed by atoms with van der Waals surface area (Å²) >= 11 is 0. The zero-order valence-corrected chi connectivity index (χ0v) is 26.7. The molecule has 0 amide bonds. The fraction of sp³-hybridized carbons (Fsp3) is 0. The highest BCUT2D eigenvalue weighted by Gasteiger charge is 2.16. The molecule has 0 aliphatic heterocycles. The highest BCUT2D eigenvalue weighted by atomic mass is 16.3. The first-order valence-corrected chi connectivity index (χ1v) is 16.6. The van der Waals surface area contributed by atoms with E-state index in [2.05, 4.69) is 109 Å². The summed E-state index contributed by atoms with van der Waals surface area (Å²) in [6.07, 6.45) is 0. The van der Waals surface area contributed by atoms with Gasteiger partial charge in [0.1, 0.15) is 22.5 Å². The van der Waals surface area contributed by atoms with Crippen LogP contribution in [0.2, 0.25) is 0 Å². The van der Waals surface area contributed by atoms with Crippen LogP contribution >= 0.6 is 0 Å². The van der Waals surface area contributed by atoms with Gasteiger partial charge in [0.2, 0.25) is 0 Å². The molecule has 0 aliphatic carbocycles. The van der Waals surface area contributed by atoms with Gasteiger partial charge in [0.25, 0.3) is 0 Å². The second-order valence-corrected chi connectivity index (χ2v) is 12.5. The predicted molar refractivity (Wildman–Crippen MR) is 202 cm³/mol. The number of hydrogen-bond acceptors (Lipinski definition) is 5. The van der Waals surface area contributed by atoms with Crippen molar-refractivity contribution in [2.45, 2.75) is 0 Å². The first-order chi connectivity index (χ1) is 24.7. The minimum Gasteiger partial charge on any atom is -0.456 e. The van der Waals surface area contributed by atoms with Crippen LogP contribution in [0.4, 0.5) is 0 Å². The molecule has 7 aromatic carbocycles. The van der Waals surface area contributed by atoms with Crippen LogP contribution in [0.5, 0.6) is 0 Å². The molecule has 5 nitrogen and oxygen atoms in total. The molecule has 0 atom stereocenters. The Labute approximate surface area is 287 Å². The normalized spacial score (nSPS) is 11.6. The fourth-order valence-corrected chi connectivity index (χ4v) is 6.71. The molecule has 5 heteroatoms. The first kappa shape index (κ1) is 28.2. The lowest BCUT2D eigenvalue weighted by atomic mass is 10.0. The van der Waals surface area contributed by atoms with E-state index in [1.165, 1.54) is 5.39 Å². The van der Waals surface area contributed by atoms with E-state index in [1.807, 2.05) is 54.6 Å². The highest BCUT2D eigenvalue weighted by molar-refractivity contribution is 6.10. The standard InChI is InChI=1S/C45H27N3O2/c1-2-8-28(9-3-1)29-14-18-31(19-15-29)43-46-44(32-20-16-30(17-21-32)41-27-35-12-6-7-13-39(35)49-41)48-45(47-43)36-22-23-40-37(25-36)38-24-33-10-4-5-11-34(33)26-42(38)50-40/h1-27H. The van der Waals surface area contributed by atoms with Crippen molar-refractivity contribution in [3.63, 3.8) is 0 Å². The maximum Gasteiger partial charge on any atom is 0.164 e. The second-order valence-electron chi connectivity index (χ2n) is 12.5. The summed E-state index contributed by atoms with van der Waals surface area (Å²) in [6.45, 7) is 0. The molecule has 0 saturated carbocycles. The van der Waals surface area contributed by atoms with Crippen LogP contribution < -0.4 is 0 Å². The second kappa shape index (κ2) is 11.4. The Hall–Kier alpha value is -6.85. The summed E-state index contributed by atoms with van der Waals surface area (Å²) in [5.41, 5.74) is 8.52. The van der Waals surface area contributed by atoms with Crippen molar-refractivity contribution < 1.29 is 8.83 Å². The number of fused-ring (bicyclic) bond motifs is 5. The molecular weight excluding hydrogens is 615 g/mol. The third kappa shape index (κ3) is 4.92.